The van der Waals surface area contributed by atoms with Crippen LogP contribution in [-0.2, 0) is 20.8 Å². The van der Waals surface area contributed by atoms with Gasteiger partial charge in [-0.15, -0.1) is 11.3 Å². The van der Waals surface area contributed by atoms with Crippen molar-refractivity contribution in [1.29, 1.82) is 0 Å². The van der Waals surface area contributed by atoms with Crippen molar-refractivity contribution in [3.63, 3.8) is 0 Å². The molecule has 0 aliphatic carbocycles. The lowest BCUT2D eigenvalue weighted by atomic mass is 10.1. The Morgan fingerprint density at radius 1 is 1.26 bits per heavy atom. The maximum atomic E-state index is 12.6. The average molecular weight is 331 g/mol. The first-order valence-corrected chi connectivity index (χ1v) is 8.28. The molecule has 1 aromatic heterocycles. The quantitative estimate of drug-likeness (QED) is 0.764. The van der Waals surface area contributed by atoms with Crippen LogP contribution >= 0.6 is 11.3 Å². The van der Waals surface area contributed by atoms with Crippen LogP contribution in [-0.4, -0.2) is 30.0 Å². The van der Waals surface area contributed by atoms with Gasteiger partial charge in [-0.2, -0.15) is 0 Å². The van der Waals surface area contributed by atoms with Crippen LogP contribution in [0.15, 0.2) is 41.8 Å². The van der Waals surface area contributed by atoms with Gasteiger partial charge in [0.2, 0.25) is 0 Å². The fraction of sp³-hybridized carbons (Fsp3) is 0.294. The third kappa shape index (κ3) is 3.28. The third-order valence-electron chi connectivity index (χ3n) is 3.57. The van der Waals surface area contributed by atoms with Crippen molar-refractivity contribution in [2.75, 3.05) is 13.2 Å². The number of nitrogens with zero attached hydrogens (tertiary/aromatic N) is 1. The minimum atomic E-state index is -0.565. The summed E-state index contributed by atoms with van der Waals surface area (Å²) < 4.78 is 10.6. The van der Waals surface area contributed by atoms with Crippen molar-refractivity contribution in [2.45, 2.75) is 19.7 Å². The zero-order valence-electron chi connectivity index (χ0n) is 12.7. The summed E-state index contributed by atoms with van der Waals surface area (Å²) in [6.45, 7) is 2.33. The molecule has 1 aromatic carbocycles. The van der Waals surface area contributed by atoms with E-state index in [-0.39, 0.29) is 12.5 Å². The molecule has 0 N–H and O–H groups in total. The number of hydrogen-bond acceptors (Lipinski definition) is 5. The van der Waals surface area contributed by atoms with Crippen LogP contribution in [0.1, 0.15) is 34.0 Å². The van der Waals surface area contributed by atoms with E-state index in [4.69, 9.17) is 9.47 Å². The van der Waals surface area contributed by atoms with Gasteiger partial charge in [0.25, 0.3) is 5.91 Å². The maximum Gasteiger partial charge on any atom is 0.332 e. The molecule has 1 atom stereocenters. The lowest BCUT2D eigenvalue weighted by Crippen LogP contribution is -2.30. The molecule has 2 aromatic rings. The highest BCUT2D eigenvalue weighted by Gasteiger charge is 2.37. The summed E-state index contributed by atoms with van der Waals surface area (Å²) >= 11 is 1.58. The Kier molecular flexibility index (Phi) is 4.73. The van der Waals surface area contributed by atoms with Crippen molar-refractivity contribution in [2.24, 2.45) is 0 Å². The second kappa shape index (κ2) is 6.93. The summed E-state index contributed by atoms with van der Waals surface area (Å²) in [4.78, 5) is 26.9. The Balaban J connectivity index is 1.81. The Bertz CT molecular complexity index is 698. The first-order chi connectivity index (χ1) is 11.2. The van der Waals surface area contributed by atoms with E-state index < -0.39 is 12.2 Å². The van der Waals surface area contributed by atoms with Gasteiger partial charge in [0, 0.05) is 16.0 Å². The van der Waals surface area contributed by atoms with Gasteiger partial charge in [-0.1, -0.05) is 24.3 Å². The van der Waals surface area contributed by atoms with Crippen molar-refractivity contribution in [3.8, 4) is 0 Å². The zero-order chi connectivity index (χ0) is 16.2. The number of hydrogen-bond donors (Lipinski definition) is 0. The second-order valence-corrected chi connectivity index (χ2v) is 6.10. The number of carbonyl (C=O) groups excluding carboxylic acids is 2. The molecule has 0 spiro atoms. The molecule has 6 heteroatoms. The molecule has 0 fully saturated rings. The van der Waals surface area contributed by atoms with Crippen LogP contribution in [0.3, 0.4) is 0 Å². The first-order valence-electron chi connectivity index (χ1n) is 7.40. The van der Waals surface area contributed by atoms with Crippen LogP contribution < -0.4 is 0 Å². The largest absolute Gasteiger partial charge is 0.464 e. The first kappa shape index (κ1) is 15.7. The molecule has 120 valence electrons. The standard InChI is InChI=1S/C17H17NO4S/c1-2-21-15(19)11-22-17-14-8-4-3-7-13(14)16(20)18(17)10-12-6-5-9-23-12/h3-9,17H,2,10-11H2,1H3. The number of ether oxygens (including phenoxy) is 2. The van der Waals surface area contributed by atoms with Crippen molar-refractivity contribution >= 4 is 23.2 Å². The molecule has 2 heterocycles. The normalized spacial score (nSPS) is 16.5. The van der Waals surface area contributed by atoms with Crippen LogP contribution in [0.2, 0.25) is 0 Å². The van der Waals surface area contributed by atoms with Crippen molar-refractivity contribution in [3.05, 3.63) is 57.8 Å². The summed E-state index contributed by atoms with van der Waals surface area (Å²) in [6, 6.07) is 11.3. The SMILES string of the molecule is CCOC(=O)COC1c2ccccc2C(=O)N1Cc1cccs1. The fourth-order valence-corrected chi connectivity index (χ4v) is 3.29. The molecule has 23 heavy (non-hydrogen) atoms. The summed E-state index contributed by atoms with van der Waals surface area (Å²) in [6.07, 6.45) is -0.565. The minimum absolute atomic E-state index is 0.0807. The molecule has 3 rings (SSSR count). The van der Waals surface area contributed by atoms with E-state index in [1.54, 1.807) is 29.2 Å². The lowest BCUT2D eigenvalue weighted by Gasteiger charge is -2.24. The van der Waals surface area contributed by atoms with E-state index in [0.29, 0.717) is 18.7 Å². The molecule has 1 amide bonds. The maximum absolute atomic E-state index is 12.6. The number of thiophene rings is 1. The third-order valence-corrected chi connectivity index (χ3v) is 4.43. The van der Waals surface area contributed by atoms with Crippen LogP contribution in [0, 0.1) is 0 Å². The molecular formula is C17H17NO4S. The van der Waals surface area contributed by atoms with Gasteiger partial charge in [0.15, 0.2) is 6.23 Å². The summed E-state index contributed by atoms with van der Waals surface area (Å²) in [7, 11) is 0. The highest BCUT2D eigenvalue weighted by molar-refractivity contribution is 7.09. The molecule has 1 aliphatic rings. The van der Waals surface area contributed by atoms with E-state index in [1.165, 1.54) is 0 Å². The molecule has 0 saturated heterocycles. The number of rotatable bonds is 6. The number of amides is 1. The highest BCUT2D eigenvalue weighted by atomic mass is 32.1. The van der Waals surface area contributed by atoms with Gasteiger partial charge in [-0.3, -0.25) is 4.79 Å². The molecule has 0 saturated carbocycles. The number of esters is 1. The Labute approximate surface area is 138 Å². The van der Waals surface area contributed by atoms with Gasteiger partial charge in [0.1, 0.15) is 6.61 Å². The predicted octanol–water partition coefficient (Wildman–Crippen LogP) is 2.98. The Hall–Kier alpha value is -2.18. The van der Waals surface area contributed by atoms with Crippen LogP contribution in [0.25, 0.3) is 0 Å². The molecule has 1 unspecified atom stereocenters. The van der Waals surface area contributed by atoms with Crippen molar-refractivity contribution < 1.29 is 19.1 Å². The van der Waals surface area contributed by atoms with Crippen LogP contribution in [0.4, 0.5) is 0 Å². The molecule has 0 radical (unpaired) electrons. The number of benzene rings is 1. The second-order valence-electron chi connectivity index (χ2n) is 5.07. The molecular weight excluding hydrogens is 314 g/mol. The highest BCUT2D eigenvalue weighted by Crippen LogP contribution is 2.36. The minimum Gasteiger partial charge on any atom is -0.464 e. The number of carbonyl (C=O) groups is 2. The topological polar surface area (TPSA) is 55.8 Å². The van der Waals surface area contributed by atoms with Crippen molar-refractivity contribution in [1.82, 2.24) is 4.90 Å². The average Bonchev–Trinajstić information content (AvgIpc) is 3.15. The van der Waals surface area contributed by atoms with E-state index in [9.17, 15) is 9.59 Å². The van der Waals surface area contributed by atoms with Gasteiger partial charge in [-0.25, -0.2) is 4.79 Å². The van der Waals surface area contributed by atoms with E-state index in [2.05, 4.69) is 0 Å². The summed E-state index contributed by atoms with van der Waals surface area (Å²) in [5.41, 5.74) is 1.41. The van der Waals surface area contributed by atoms with E-state index >= 15 is 0 Å². The lowest BCUT2D eigenvalue weighted by molar-refractivity contribution is -0.154. The fourth-order valence-electron chi connectivity index (χ4n) is 2.59. The molecule has 5 nitrogen and oxygen atoms in total. The van der Waals surface area contributed by atoms with E-state index in [1.807, 2.05) is 35.7 Å². The predicted molar refractivity (Wildman–Crippen MR) is 86.0 cm³/mol. The van der Waals surface area contributed by atoms with Gasteiger partial charge in [0.05, 0.1) is 13.2 Å². The van der Waals surface area contributed by atoms with Gasteiger partial charge < -0.3 is 14.4 Å². The van der Waals surface area contributed by atoms with Gasteiger partial charge >= 0.3 is 5.97 Å². The van der Waals surface area contributed by atoms with E-state index in [0.717, 1.165) is 10.4 Å². The Morgan fingerprint density at radius 2 is 2.09 bits per heavy atom. The smallest absolute Gasteiger partial charge is 0.332 e. The zero-order valence-corrected chi connectivity index (χ0v) is 13.5. The molecule has 1 aliphatic heterocycles. The monoisotopic (exact) mass is 331 g/mol. The number of fused-ring (bicyclic) bond motifs is 1. The van der Waals surface area contributed by atoms with Gasteiger partial charge in [-0.05, 0) is 24.4 Å². The van der Waals surface area contributed by atoms with Crippen LogP contribution in [0.5, 0.6) is 0 Å². The summed E-state index contributed by atoms with van der Waals surface area (Å²) in [5, 5.41) is 1.97. The molecule has 0 bridgehead atoms. The summed E-state index contributed by atoms with van der Waals surface area (Å²) in [5.74, 6) is -0.511. The Morgan fingerprint density at radius 3 is 2.83 bits per heavy atom.